The number of aromatic nitrogens is 1. The van der Waals surface area contributed by atoms with E-state index in [1.54, 1.807) is 0 Å². The van der Waals surface area contributed by atoms with Gasteiger partial charge < -0.3 is 15.8 Å². The van der Waals surface area contributed by atoms with Crippen LogP contribution in [0.2, 0.25) is 0 Å². The van der Waals surface area contributed by atoms with Crippen molar-refractivity contribution in [1.82, 2.24) is 10.3 Å². The Bertz CT molecular complexity index is 393. The van der Waals surface area contributed by atoms with Gasteiger partial charge in [-0.25, -0.2) is 0 Å². The van der Waals surface area contributed by atoms with Gasteiger partial charge in [-0.15, -0.1) is 0 Å². The molecule has 1 aromatic heterocycles. The Hall–Kier alpha value is -1.62. The molecule has 0 bridgehead atoms. The zero-order valence-corrected chi connectivity index (χ0v) is 11.9. The van der Waals surface area contributed by atoms with Crippen LogP contribution in [0.3, 0.4) is 0 Å². The third kappa shape index (κ3) is 6.76. The van der Waals surface area contributed by atoms with E-state index < -0.39 is 0 Å². The third-order valence-electron chi connectivity index (χ3n) is 2.77. The van der Waals surface area contributed by atoms with Crippen LogP contribution in [-0.2, 0) is 11.2 Å². The average molecular weight is 264 g/mol. The molecule has 0 aliphatic rings. The lowest BCUT2D eigenvalue weighted by atomic mass is 10.1. The fourth-order valence-electron chi connectivity index (χ4n) is 1.67. The Labute approximate surface area is 115 Å². The average Bonchev–Trinajstić information content (AvgIpc) is 2.41. The summed E-state index contributed by atoms with van der Waals surface area (Å²) in [4.78, 5) is 8.31. The minimum atomic E-state index is 0.503. The van der Waals surface area contributed by atoms with Crippen molar-refractivity contribution >= 4 is 5.96 Å². The summed E-state index contributed by atoms with van der Waals surface area (Å²) in [5, 5.41) is 3.12. The molecule has 0 fully saturated rings. The van der Waals surface area contributed by atoms with E-state index in [1.165, 1.54) is 11.1 Å². The Balaban J connectivity index is 2.18. The zero-order valence-electron chi connectivity index (χ0n) is 11.9. The second kappa shape index (κ2) is 9.33. The van der Waals surface area contributed by atoms with Gasteiger partial charge in [0.05, 0.1) is 0 Å². The molecule has 0 saturated carbocycles. The van der Waals surface area contributed by atoms with E-state index in [4.69, 9.17) is 10.5 Å². The number of nitrogens with two attached hydrogens (primary N) is 1. The van der Waals surface area contributed by atoms with Crippen LogP contribution < -0.4 is 11.1 Å². The largest absolute Gasteiger partial charge is 0.382 e. The quantitative estimate of drug-likeness (QED) is 0.421. The summed E-state index contributed by atoms with van der Waals surface area (Å²) in [5.41, 5.74) is 8.27. The number of hydrogen-bond donors (Lipinski definition) is 2. The van der Waals surface area contributed by atoms with Crippen molar-refractivity contribution in [1.29, 1.82) is 0 Å². The maximum absolute atomic E-state index is 5.78. The second-order valence-corrected chi connectivity index (χ2v) is 4.30. The summed E-state index contributed by atoms with van der Waals surface area (Å²) < 4.78 is 5.23. The number of pyridine rings is 1. The zero-order chi connectivity index (χ0) is 13.9. The molecule has 0 atom stereocenters. The van der Waals surface area contributed by atoms with Gasteiger partial charge in [-0.1, -0.05) is 0 Å². The summed E-state index contributed by atoms with van der Waals surface area (Å²) in [6, 6.07) is 2.03. The van der Waals surface area contributed by atoms with Crippen molar-refractivity contribution in [2.45, 2.75) is 26.7 Å². The maximum atomic E-state index is 5.78. The van der Waals surface area contributed by atoms with Gasteiger partial charge in [-0.2, -0.15) is 0 Å². The predicted molar refractivity (Wildman–Crippen MR) is 78.3 cm³/mol. The molecule has 0 radical (unpaired) electrons. The highest BCUT2D eigenvalue weighted by Gasteiger charge is 1.98. The molecule has 0 aliphatic carbocycles. The van der Waals surface area contributed by atoms with Crippen molar-refractivity contribution in [3.63, 3.8) is 0 Å². The van der Waals surface area contributed by atoms with Crippen LogP contribution in [0, 0.1) is 6.92 Å². The van der Waals surface area contributed by atoms with Crippen LogP contribution in [0.15, 0.2) is 23.5 Å². The van der Waals surface area contributed by atoms with Crippen LogP contribution in [0.4, 0.5) is 0 Å². The fraction of sp³-hybridized carbons (Fsp3) is 0.571. The first kappa shape index (κ1) is 15.4. The van der Waals surface area contributed by atoms with Gasteiger partial charge in [0.1, 0.15) is 0 Å². The third-order valence-corrected chi connectivity index (χ3v) is 2.77. The summed E-state index contributed by atoms with van der Waals surface area (Å²) in [5.74, 6) is 0.503. The number of guanidine groups is 1. The SMILES string of the molecule is CCOCCCN=C(N)NCCc1ccncc1C. The van der Waals surface area contributed by atoms with Crippen molar-refractivity contribution in [3.8, 4) is 0 Å². The molecule has 3 N–H and O–H groups in total. The van der Waals surface area contributed by atoms with E-state index in [9.17, 15) is 0 Å². The van der Waals surface area contributed by atoms with Gasteiger partial charge in [0, 0.05) is 38.7 Å². The minimum absolute atomic E-state index is 0.503. The molecule has 0 unspecified atom stereocenters. The summed E-state index contributed by atoms with van der Waals surface area (Å²) in [7, 11) is 0. The van der Waals surface area contributed by atoms with Gasteiger partial charge in [0.2, 0.25) is 0 Å². The van der Waals surface area contributed by atoms with Gasteiger partial charge in [0.15, 0.2) is 5.96 Å². The molecule has 106 valence electrons. The highest BCUT2D eigenvalue weighted by molar-refractivity contribution is 5.77. The Morgan fingerprint density at radius 1 is 1.53 bits per heavy atom. The molecule has 0 saturated heterocycles. The normalized spacial score (nSPS) is 11.6. The van der Waals surface area contributed by atoms with Gasteiger partial charge in [0.25, 0.3) is 0 Å². The molecule has 19 heavy (non-hydrogen) atoms. The fourth-order valence-corrected chi connectivity index (χ4v) is 1.67. The minimum Gasteiger partial charge on any atom is -0.382 e. The molecule has 5 nitrogen and oxygen atoms in total. The molecule has 5 heteroatoms. The topological polar surface area (TPSA) is 72.5 Å². The van der Waals surface area contributed by atoms with Crippen molar-refractivity contribution in [2.24, 2.45) is 10.7 Å². The molecular weight excluding hydrogens is 240 g/mol. The van der Waals surface area contributed by atoms with Crippen LogP contribution in [0.1, 0.15) is 24.5 Å². The molecule has 1 rings (SSSR count). The summed E-state index contributed by atoms with van der Waals surface area (Å²) in [6.07, 6.45) is 5.51. The van der Waals surface area contributed by atoms with E-state index in [2.05, 4.69) is 22.2 Å². The molecule has 0 amide bonds. The van der Waals surface area contributed by atoms with Gasteiger partial charge in [-0.3, -0.25) is 9.98 Å². The van der Waals surface area contributed by atoms with Crippen LogP contribution in [0.5, 0.6) is 0 Å². The van der Waals surface area contributed by atoms with Crippen molar-refractivity contribution in [2.75, 3.05) is 26.3 Å². The monoisotopic (exact) mass is 264 g/mol. The Morgan fingerprint density at radius 3 is 3.11 bits per heavy atom. The van der Waals surface area contributed by atoms with E-state index in [1.807, 2.05) is 25.4 Å². The molecular formula is C14H24N4O. The van der Waals surface area contributed by atoms with Crippen molar-refractivity contribution < 1.29 is 4.74 Å². The summed E-state index contributed by atoms with van der Waals surface area (Å²) in [6.45, 7) is 7.03. The maximum Gasteiger partial charge on any atom is 0.188 e. The van der Waals surface area contributed by atoms with Crippen LogP contribution in [0.25, 0.3) is 0 Å². The molecule has 0 spiro atoms. The predicted octanol–water partition coefficient (Wildman–Crippen LogP) is 1.26. The lowest BCUT2D eigenvalue weighted by Gasteiger charge is -2.07. The number of aryl methyl sites for hydroxylation is 1. The molecule has 1 aromatic rings. The number of rotatable bonds is 8. The second-order valence-electron chi connectivity index (χ2n) is 4.30. The van der Waals surface area contributed by atoms with Gasteiger partial charge >= 0.3 is 0 Å². The molecule has 0 aliphatic heterocycles. The van der Waals surface area contributed by atoms with Gasteiger partial charge in [-0.05, 0) is 43.9 Å². The number of ether oxygens (including phenoxy) is 1. The first-order chi connectivity index (χ1) is 9.24. The number of nitrogens with zero attached hydrogens (tertiary/aromatic N) is 2. The van der Waals surface area contributed by atoms with E-state index in [0.29, 0.717) is 12.5 Å². The standard InChI is InChI=1S/C14H24N4O/c1-3-19-10-4-7-17-14(15)18-9-6-13-5-8-16-11-12(13)2/h5,8,11H,3-4,6-7,9-10H2,1-2H3,(H3,15,17,18). The number of aliphatic imine (C=N–C) groups is 1. The molecule has 1 heterocycles. The smallest absolute Gasteiger partial charge is 0.188 e. The summed E-state index contributed by atoms with van der Waals surface area (Å²) >= 11 is 0. The van der Waals surface area contributed by atoms with Crippen LogP contribution >= 0.6 is 0 Å². The highest BCUT2D eigenvalue weighted by Crippen LogP contribution is 2.04. The lowest BCUT2D eigenvalue weighted by molar-refractivity contribution is 0.146. The Kier molecular flexibility index (Phi) is 7.58. The number of nitrogens with one attached hydrogen (secondary N) is 1. The van der Waals surface area contributed by atoms with Crippen LogP contribution in [-0.4, -0.2) is 37.2 Å². The lowest BCUT2D eigenvalue weighted by Crippen LogP contribution is -2.33. The van der Waals surface area contributed by atoms with E-state index in [-0.39, 0.29) is 0 Å². The van der Waals surface area contributed by atoms with E-state index >= 15 is 0 Å². The van der Waals surface area contributed by atoms with Crippen molar-refractivity contribution in [3.05, 3.63) is 29.6 Å². The van der Waals surface area contributed by atoms with E-state index in [0.717, 1.165) is 32.6 Å². The Morgan fingerprint density at radius 2 is 2.37 bits per heavy atom. The first-order valence-electron chi connectivity index (χ1n) is 6.75. The molecule has 0 aromatic carbocycles. The highest BCUT2D eigenvalue weighted by atomic mass is 16.5. The number of hydrogen-bond acceptors (Lipinski definition) is 3. The first-order valence-corrected chi connectivity index (χ1v) is 6.75.